The van der Waals surface area contributed by atoms with Crippen LogP contribution in [0, 0.1) is 0 Å². The van der Waals surface area contributed by atoms with Gasteiger partial charge in [-0.1, -0.05) is 91.0 Å². The van der Waals surface area contributed by atoms with Crippen molar-refractivity contribution in [3.05, 3.63) is 126 Å². The molecule has 0 radical (unpaired) electrons. The molecule has 4 aromatic carbocycles. The molecule has 4 aromatic rings. The average Bonchev–Trinajstić information content (AvgIpc) is 2.88. The van der Waals surface area contributed by atoms with Gasteiger partial charge in [-0.15, -0.1) is 0 Å². The largest absolute Gasteiger partial charge is 0.454 e. The van der Waals surface area contributed by atoms with Gasteiger partial charge in [-0.3, -0.25) is 9.59 Å². The van der Waals surface area contributed by atoms with Crippen molar-refractivity contribution in [1.29, 1.82) is 0 Å². The fraction of sp³-hybridized carbons (Fsp3) is 0.0690. The number of ketones is 1. The molecule has 1 amide bonds. The van der Waals surface area contributed by atoms with Crippen molar-refractivity contribution in [3.8, 4) is 11.1 Å². The quantitative estimate of drug-likeness (QED) is 0.282. The fourth-order valence-corrected chi connectivity index (χ4v) is 3.49. The number of benzene rings is 4. The summed E-state index contributed by atoms with van der Waals surface area (Å²) < 4.78 is 5.21. The topological polar surface area (TPSA) is 72.5 Å². The number of nitrogens with one attached hydrogen (secondary N) is 1. The minimum absolute atomic E-state index is 0.189. The number of Topliss-reactive ketones (excluding diaryl/α,β-unsaturated/α-hetero) is 1. The number of anilines is 1. The van der Waals surface area contributed by atoms with Crippen molar-refractivity contribution in [2.45, 2.75) is 6.42 Å². The Hall–Kier alpha value is -4.51. The van der Waals surface area contributed by atoms with Gasteiger partial charge >= 0.3 is 5.97 Å². The molecule has 0 aliphatic heterocycles. The van der Waals surface area contributed by atoms with Crippen LogP contribution in [-0.2, 0) is 16.0 Å². The Bertz CT molecular complexity index is 1280. The Balaban J connectivity index is 1.32. The molecule has 0 aliphatic carbocycles. The number of hydrogen-bond acceptors (Lipinski definition) is 4. The summed E-state index contributed by atoms with van der Waals surface area (Å²) in [7, 11) is 0. The Labute approximate surface area is 198 Å². The highest BCUT2D eigenvalue weighted by Crippen LogP contribution is 2.19. The zero-order chi connectivity index (χ0) is 23.8. The number of esters is 1. The Morgan fingerprint density at radius 3 is 2.00 bits per heavy atom. The number of ether oxygens (including phenoxy) is 1. The molecule has 0 aliphatic rings. The lowest BCUT2D eigenvalue weighted by molar-refractivity contribution is -0.115. The third-order valence-electron chi connectivity index (χ3n) is 5.24. The van der Waals surface area contributed by atoms with Crippen LogP contribution in [0.4, 0.5) is 5.69 Å². The van der Waals surface area contributed by atoms with E-state index in [1.807, 2.05) is 72.8 Å². The van der Waals surface area contributed by atoms with Crippen molar-refractivity contribution < 1.29 is 19.1 Å². The Kier molecular flexibility index (Phi) is 7.25. The van der Waals surface area contributed by atoms with E-state index in [1.165, 1.54) is 6.07 Å². The Morgan fingerprint density at radius 2 is 1.29 bits per heavy atom. The summed E-state index contributed by atoms with van der Waals surface area (Å²) in [6.07, 6.45) is 0.229. The molecule has 0 fully saturated rings. The van der Waals surface area contributed by atoms with Gasteiger partial charge in [0.25, 0.3) is 0 Å². The Morgan fingerprint density at radius 1 is 0.647 bits per heavy atom. The van der Waals surface area contributed by atoms with Gasteiger partial charge in [-0.25, -0.2) is 4.79 Å². The zero-order valence-corrected chi connectivity index (χ0v) is 18.4. The van der Waals surface area contributed by atoms with E-state index in [-0.39, 0.29) is 30.3 Å². The molecular weight excluding hydrogens is 426 g/mol. The van der Waals surface area contributed by atoms with Crippen LogP contribution >= 0.6 is 0 Å². The standard InChI is InChI=1S/C29H23NO4/c31-27(24-16-14-23(15-17-24)22-10-5-2-6-11-22)20-34-29(33)25-12-7-13-26(19-25)30-28(32)18-21-8-3-1-4-9-21/h1-17,19H,18,20H2,(H,30,32). The molecule has 0 saturated heterocycles. The normalized spacial score (nSPS) is 10.4. The highest BCUT2D eigenvalue weighted by molar-refractivity contribution is 6.00. The number of carbonyl (C=O) groups excluding carboxylic acids is 3. The maximum atomic E-state index is 12.5. The smallest absolute Gasteiger partial charge is 0.338 e. The van der Waals surface area contributed by atoms with E-state index in [2.05, 4.69) is 5.32 Å². The third-order valence-corrected chi connectivity index (χ3v) is 5.24. The second-order valence-corrected chi connectivity index (χ2v) is 7.73. The highest BCUT2D eigenvalue weighted by Gasteiger charge is 2.13. The molecule has 1 N–H and O–H groups in total. The van der Waals surface area contributed by atoms with E-state index in [4.69, 9.17) is 4.74 Å². The molecule has 5 heteroatoms. The van der Waals surface area contributed by atoms with Crippen LogP contribution in [-0.4, -0.2) is 24.3 Å². The predicted octanol–water partition coefficient (Wildman–Crippen LogP) is 5.57. The van der Waals surface area contributed by atoms with Gasteiger partial charge in [0.05, 0.1) is 12.0 Å². The van der Waals surface area contributed by atoms with Gasteiger partial charge in [-0.05, 0) is 34.9 Å². The predicted molar refractivity (Wildman–Crippen MR) is 132 cm³/mol. The van der Waals surface area contributed by atoms with E-state index in [0.29, 0.717) is 11.3 Å². The number of rotatable bonds is 8. The summed E-state index contributed by atoms with van der Waals surface area (Å²) in [5, 5.41) is 2.78. The van der Waals surface area contributed by atoms with E-state index in [1.54, 1.807) is 30.3 Å². The van der Waals surface area contributed by atoms with Crippen molar-refractivity contribution in [1.82, 2.24) is 0 Å². The van der Waals surface area contributed by atoms with Crippen LogP contribution in [0.5, 0.6) is 0 Å². The van der Waals surface area contributed by atoms with Gasteiger partial charge in [0.2, 0.25) is 5.91 Å². The summed E-state index contributed by atoms with van der Waals surface area (Å²) in [5.74, 6) is -1.11. The minimum atomic E-state index is -0.631. The second kappa shape index (κ2) is 10.9. The highest BCUT2D eigenvalue weighted by atomic mass is 16.5. The lowest BCUT2D eigenvalue weighted by atomic mass is 10.0. The first kappa shape index (κ1) is 22.7. The molecule has 0 atom stereocenters. The summed E-state index contributed by atoms with van der Waals surface area (Å²) in [6, 6.07) is 32.9. The monoisotopic (exact) mass is 449 g/mol. The molecule has 168 valence electrons. The third kappa shape index (κ3) is 6.04. The van der Waals surface area contributed by atoms with E-state index < -0.39 is 5.97 Å². The van der Waals surface area contributed by atoms with E-state index in [9.17, 15) is 14.4 Å². The lowest BCUT2D eigenvalue weighted by Gasteiger charge is -2.08. The second-order valence-electron chi connectivity index (χ2n) is 7.73. The molecule has 0 aromatic heterocycles. The molecule has 0 heterocycles. The van der Waals surface area contributed by atoms with Crippen LogP contribution in [0.3, 0.4) is 0 Å². The molecule has 0 saturated carbocycles. The van der Waals surface area contributed by atoms with E-state index in [0.717, 1.165) is 16.7 Å². The van der Waals surface area contributed by atoms with Crippen molar-refractivity contribution in [2.24, 2.45) is 0 Å². The summed E-state index contributed by atoms with van der Waals surface area (Å²) in [5.41, 5.74) is 4.16. The minimum Gasteiger partial charge on any atom is -0.454 e. The molecule has 34 heavy (non-hydrogen) atoms. The van der Waals surface area contributed by atoms with Gasteiger partial charge in [0.1, 0.15) is 0 Å². The maximum absolute atomic E-state index is 12.5. The van der Waals surface area contributed by atoms with Crippen LogP contribution in [0.15, 0.2) is 109 Å². The zero-order valence-electron chi connectivity index (χ0n) is 18.4. The molecule has 0 unspecified atom stereocenters. The van der Waals surface area contributed by atoms with Crippen LogP contribution in [0.25, 0.3) is 11.1 Å². The van der Waals surface area contributed by atoms with E-state index >= 15 is 0 Å². The van der Waals surface area contributed by atoms with Gasteiger partial charge < -0.3 is 10.1 Å². The average molecular weight is 450 g/mol. The molecular formula is C29H23NO4. The van der Waals surface area contributed by atoms with Gasteiger partial charge in [0, 0.05) is 11.3 Å². The van der Waals surface area contributed by atoms with Crippen molar-refractivity contribution in [2.75, 3.05) is 11.9 Å². The maximum Gasteiger partial charge on any atom is 0.338 e. The van der Waals surface area contributed by atoms with Gasteiger partial charge in [0.15, 0.2) is 12.4 Å². The fourth-order valence-electron chi connectivity index (χ4n) is 3.49. The van der Waals surface area contributed by atoms with Crippen molar-refractivity contribution >= 4 is 23.3 Å². The van der Waals surface area contributed by atoms with Gasteiger partial charge in [-0.2, -0.15) is 0 Å². The van der Waals surface area contributed by atoms with Crippen LogP contribution < -0.4 is 5.32 Å². The molecule has 0 spiro atoms. The first-order valence-electron chi connectivity index (χ1n) is 10.9. The summed E-state index contributed by atoms with van der Waals surface area (Å²) in [6.45, 7) is -0.367. The number of carbonyl (C=O) groups is 3. The number of hydrogen-bond donors (Lipinski definition) is 1. The SMILES string of the molecule is O=C(Cc1ccccc1)Nc1cccc(C(=O)OCC(=O)c2ccc(-c3ccccc3)cc2)c1. The first-order valence-corrected chi connectivity index (χ1v) is 10.9. The summed E-state index contributed by atoms with van der Waals surface area (Å²) >= 11 is 0. The first-order chi connectivity index (χ1) is 16.6. The summed E-state index contributed by atoms with van der Waals surface area (Å²) in [4.78, 5) is 37.2. The lowest BCUT2D eigenvalue weighted by Crippen LogP contribution is -2.16. The molecule has 0 bridgehead atoms. The molecule has 4 rings (SSSR count). The molecule has 5 nitrogen and oxygen atoms in total. The van der Waals surface area contributed by atoms with Crippen molar-refractivity contribution in [3.63, 3.8) is 0 Å². The number of amides is 1. The van der Waals surface area contributed by atoms with Crippen LogP contribution in [0.1, 0.15) is 26.3 Å². The van der Waals surface area contributed by atoms with Crippen LogP contribution in [0.2, 0.25) is 0 Å².